The third-order valence-corrected chi connectivity index (χ3v) is 6.23. The Labute approximate surface area is 137 Å². The summed E-state index contributed by atoms with van der Waals surface area (Å²) in [7, 11) is -3.65. The molecule has 6 heteroatoms. The lowest BCUT2D eigenvalue weighted by atomic mass is 9.89. The maximum Gasteiger partial charge on any atom is 0.246 e. The summed E-state index contributed by atoms with van der Waals surface area (Å²) in [6, 6.07) is 5.98. The van der Waals surface area contributed by atoms with E-state index in [9.17, 15) is 8.42 Å². The second kappa shape index (κ2) is 6.09. The van der Waals surface area contributed by atoms with E-state index in [0.717, 1.165) is 18.4 Å². The fraction of sp³-hybridized carbons (Fsp3) is 0.471. The van der Waals surface area contributed by atoms with Crippen LogP contribution >= 0.6 is 0 Å². The Morgan fingerprint density at radius 3 is 2.52 bits per heavy atom. The molecule has 0 amide bonds. The van der Waals surface area contributed by atoms with Gasteiger partial charge < -0.3 is 4.52 Å². The summed E-state index contributed by atoms with van der Waals surface area (Å²) < 4.78 is 32.9. The van der Waals surface area contributed by atoms with Crippen LogP contribution in [0.3, 0.4) is 0 Å². The number of nitrogens with zero attached hydrogens (tertiary/aromatic N) is 1. The fourth-order valence-corrected chi connectivity index (χ4v) is 4.80. The first-order valence-corrected chi connectivity index (χ1v) is 9.43. The zero-order chi connectivity index (χ0) is 16.6. The standard InChI is InChI=1S/C17H22N2O3S/c1-11(15-9-8-14-6-4-5-7-16(14)10-15)19-23(20,21)17-12(2)18-22-13(17)3/h8-11,19H,4-7H2,1-3H3/t11-/m0/s1. The van der Waals surface area contributed by atoms with Crippen LogP contribution in [0.4, 0.5) is 0 Å². The minimum atomic E-state index is -3.65. The van der Waals surface area contributed by atoms with Crippen LogP contribution in [0.2, 0.25) is 0 Å². The summed E-state index contributed by atoms with van der Waals surface area (Å²) in [6.07, 6.45) is 4.64. The third kappa shape index (κ3) is 3.19. The van der Waals surface area contributed by atoms with Gasteiger partial charge in [0, 0.05) is 6.04 Å². The van der Waals surface area contributed by atoms with Crippen LogP contribution in [-0.2, 0) is 22.9 Å². The molecule has 0 radical (unpaired) electrons. The number of hydrogen-bond acceptors (Lipinski definition) is 4. The minimum Gasteiger partial charge on any atom is -0.360 e. The second-order valence-electron chi connectivity index (χ2n) is 6.23. The van der Waals surface area contributed by atoms with Crippen LogP contribution in [0.1, 0.15) is 54.0 Å². The number of sulfonamides is 1. The average Bonchev–Trinajstić information content (AvgIpc) is 2.86. The highest BCUT2D eigenvalue weighted by Gasteiger charge is 2.26. The van der Waals surface area contributed by atoms with E-state index in [-0.39, 0.29) is 10.9 Å². The Balaban J connectivity index is 1.85. The molecule has 1 aromatic carbocycles. The number of aromatic nitrogens is 1. The van der Waals surface area contributed by atoms with Crippen molar-refractivity contribution in [2.75, 3.05) is 0 Å². The second-order valence-corrected chi connectivity index (χ2v) is 7.88. The van der Waals surface area contributed by atoms with E-state index in [0.29, 0.717) is 11.5 Å². The van der Waals surface area contributed by atoms with Crippen molar-refractivity contribution < 1.29 is 12.9 Å². The summed E-state index contributed by atoms with van der Waals surface area (Å²) in [5.41, 5.74) is 4.10. The van der Waals surface area contributed by atoms with Gasteiger partial charge in [0.05, 0.1) is 0 Å². The summed E-state index contributed by atoms with van der Waals surface area (Å²) in [5.74, 6) is 0.313. The molecule has 0 spiro atoms. The van der Waals surface area contributed by atoms with Crippen LogP contribution in [0.15, 0.2) is 27.6 Å². The van der Waals surface area contributed by atoms with Crippen LogP contribution in [0.5, 0.6) is 0 Å². The predicted octanol–water partition coefficient (Wildman–Crippen LogP) is 3.21. The van der Waals surface area contributed by atoms with Gasteiger partial charge in [0.2, 0.25) is 10.0 Å². The molecule has 1 aromatic heterocycles. The van der Waals surface area contributed by atoms with Crippen molar-refractivity contribution in [3.05, 3.63) is 46.3 Å². The van der Waals surface area contributed by atoms with Gasteiger partial charge in [-0.1, -0.05) is 23.4 Å². The molecule has 1 heterocycles. The molecule has 0 aliphatic heterocycles. The molecule has 0 bridgehead atoms. The number of rotatable bonds is 4. The first-order valence-electron chi connectivity index (χ1n) is 7.95. The predicted molar refractivity (Wildman–Crippen MR) is 87.8 cm³/mol. The molecule has 0 saturated heterocycles. The summed E-state index contributed by atoms with van der Waals surface area (Å²) in [5, 5.41) is 3.73. The molecule has 0 unspecified atom stereocenters. The molecule has 1 aliphatic carbocycles. The largest absolute Gasteiger partial charge is 0.360 e. The van der Waals surface area contributed by atoms with Crippen LogP contribution < -0.4 is 4.72 Å². The Kier molecular flexibility index (Phi) is 4.29. The van der Waals surface area contributed by atoms with Crippen molar-refractivity contribution in [2.24, 2.45) is 0 Å². The lowest BCUT2D eigenvalue weighted by Gasteiger charge is -2.20. The minimum absolute atomic E-state index is 0.141. The summed E-state index contributed by atoms with van der Waals surface area (Å²) in [6.45, 7) is 5.10. The van der Waals surface area contributed by atoms with Crippen molar-refractivity contribution in [3.63, 3.8) is 0 Å². The fourth-order valence-electron chi connectivity index (χ4n) is 3.24. The average molecular weight is 334 g/mol. The maximum atomic E-state index is 12.6. The monoisotopic (exact) mass is 334 g/mol. The summed E-state index contributed by atoms with van der Waals surface area (Å²) in [4.78, 5) is 0.141. The van der Waals surface area contributed by atoms with Crippen molar-refractivity contribution >= 4 is 10.0 Å². The normalized spacial score (nSPS) is 16.1. The highest BCUT2D eigenvalue weighted by molar-refractivity contribution is 7.89. The number of aryl methyl sites for hydroxylation is 4. The van der Waals surface area contributed by atoms with E-state index >= 15 is 0 Å². The Morgan fingerprint density at radius 2 is 1.87 bits per heavy atom. The lowest BCUT2D eigenvalue weighted by molar-refractivity contribution is 0.390. The van der Waals surface area contributed by atoms with Gasteiger partial charge in [-0.2, -0.15) is 0 Å². The molecule has 3 rings (SSSR count). The molecular weight excluding hydrogens is 312 g/mol. The van der Waals surface area contributed by atoms with E-state index in [1.165, 1.54) is 24.0 Å². The molecule has 124 valence electrons. The van der Waals surface area contributed by atoms with Gasteiger partial charge in [-0.25, -0.2) is 13.1 Å². The maximum absolute atomic E-state index is 12.6. The Morgan fingerprint density at radius 1 is 1.17 bits per heavy atom. The summed E-state index contributed by atoms with van der Waals surface area (Å²) >= 11 is 0. The number of nitrogens with one attached hydrogen (secondary N) is 1. The molecule has 2 aromatic rings. The molecule has 1 atom stereocenters. The SMILES string of the molecule is Cc1noc(C)c1S(=O)(=O)N[C@@H](C)c1ccc2c(c1)CCCC2. The lowest BCUT2D eigenvalue weighted by Crippen LogP contribution is -2.27. The molecule has 0 fully saturated rings. The van der Waals surface area contributed by atoms with E-state index < -0.39 is 10.0 Å². The van der Waals surface area contributed by atoms with Crippen molar-refractivity contribution in [1.29, 1.82) is 0 Å². The molecule has 0 saturated carbocycles. The number of benzene rings is 1. The zero-order valence-corrected chi connectivity index (χ0v) is 14.5. The highest BCUT2D eigenvalue weighted by atomic mass is 32.2. The van der Waals surface area contributed by atoms with E-state index in [2.05, 4.69) is 22.0 Å². The molecule has 5 nitrogen and oxygen atoms in total. The number of fused-ring (bicyclic) bond motifs is 1. The molecule has 1 aliphatic rings. The van der Waals surface area contributed by atoms with Gasteiger partial charge in [0.1, 0.15) is 10.6 Å². The van der Waals surface area contributed by atoms with Gasteiger partial charge in [0.25, 0.3) is 0 Å². The van der Waals surface area contributed by atoms with Gasteiger partial charge in [-0.3, -0.25) is 0 Å². The Hall–Kier alpha value is -1.66. The van der Waals surface area contributed by atoms with E-state index in [4.69, 9.17) is 4.52 Å². The van der Waals surface area contributed by atoms with Crippen LogP contribution in [0, 0.1) is 13.8 Å². The van der Waals surface area contributed by atoms with E-state index in [1.807, 2.05) is 13.0 Å². The van der Waals surface area contributed by atoms with Crippen LogP contribution in [0.25, 0.3) is 0 Å². The van der Waals surface area contributed by atoms with Crippen molar-refractivity contribution in [3.8, 4) is 0 Å². The van der Waals surface area contributed by atoms with Gasteiger partial charge in [0.15, 0.2) is 5.76 Å². The zero-order valence-electron chi connectivity index (χ0n) is 13.7. The third-order valence-electron chi connectivity index (χ3n) is 4.44. The Bertz CT molecular complexity index is 805. The first-order chi connectivity index (χ1) is 10.9. The van der Waals surface area contributed by atoms with Crippen LogP contribution in [-0.4, -0.2) is 13.6 Å². The first kappa shape index (κ1) is 16.2. The quantitative estimate of drug-likeness (QED) is 0.932. The molecule has 23 heavy (non-hydrogen) atoms. The smallest absolute Gasteiger partial charge is 0.246 e. The van der Waals surface area contributed by atoms with Gasteiger partial charge in [-0.05, 0) is 63.1 Å². The van der Waals surface area contributed by atoms with Gasteiger partial charge >= 0.3 is 0 Å². The molecule has 1 N–H and O–H groups in total. The van der Waals surface area contributed by atoms with Gasteiger partial charge in [-0.15, -0.1) is 0 Å². The highest BCUT2D eigenvalue weighted by Crippen LogP contribution is 2.26. The van der Waals surface area contributed by atoms with E-state index in [1.54, 1.807) is 13.8 Å². The van der Waals surface area contributed by atoms with Crippen molar-refractivity contribution in [2.45, 2.75) is 57.4 Å². The topological polar surface area (TPSA) is 72.2 Å². The van der Waals surface area contributed by atoms with Crippen molar-refractivity contribution in [1.82, 2.24) is 9.88 Å². The number of hydrogen-bond donors (Lipinski definition) is 1. The molecular formula is C17H22N2O3S.